The average molecular weight is 297 g/mol. The van der Waals surface area contributed by atoms with Gasteiger partial charge in [-0.2, -0.15) is 0 Å². The molecule has 0 radical (unpaired) electrons. The standard InChI is InChI=1S/C15H20FNO4/c1-11(15(20)21-2)10-17(8-3-9-18)14(19)12-4-6-13(16)7-5-12/h4-7,11,18H,3,8-10H2,1-2H3. The molecule has 1 aromatic rings. The molecule has 0 aromatic heterocycles. The average Bonchev–Trinajstić information content (AvgIpc) is 2.50. The third-order valence-corrected chi connectivity index (χ3v) is 3.06. The minimum atomic E-state index is -0.474. The highest BCUT2D eigenvalue weighted by molar-refractivity contribution is 5.94. The van der Waals surface area contributed by atoms with Gasteiger partial charge in [-0.05, 0) is 30.7 Å². The number of benzene rings is 1. The normalized spacial score (nSPS) is 11.8. The third kappa shape index (κ3) is 5.15. The Morgan fingerprint density at radius 3 is 2.48 bits per heavy atom. The van der Waals surface area contributed by atoms with Crippen molar-refractivity contribution in [3.63, 3.8) is 0 Å². The molecule has 1 rings (SSSR count). The Labute approximate surface area is 123 Å². The van der Waals surface area contributed by atoms with Crippen molar-refractivity contribution < 1.29 is 23.8 Å². The van der Waals surface area contributed by atoms with E-state index in [9.17, 15) is 14.0 Å². The predicted octanol–water partition coefficient (Wildman–Crippen LogP) is 1.46. The van der Waals surface area contributed by atoms with Crippen molar-refractivity contribution >= 4 is 11.9 Å². The van der Waals surface area contributed by atoms with E-state index in [-0.39, 0.29) is 19.1 Å². The van der Waals surface area contributed by atoms with E-state index in [4.69, 9.17) is 5.11 Å². The zero-order valence-electron chi connectivity index (χ0n) is 12.2. The van der Waals surface area contributed by atoms with E-state index in [1.54, 1.807) is 6.92 Å². The quantitative estimate of drug-likeness (QED) is 0.774. The number of nitrogens with zero attached hydrogens (tertiary/aromatic N) is 1. The Hall–Kier alpha value is -1.95. The molecule has 0 aliphatic carbocycles. The molecule has 0 heterocycles. The van der Waals surface area contributed by atoms with Gasteiger partial charge in [0.25, 0.3) is 5.91 Å². The second-order valence-corrected chi connectivity index (χ2v) is 4.76. The molecule has 1 amide bonds. The molecule has 5 nitrogen and oxygen atoms in total. The fraction of sp³-hybridized carbons (Fsp3) is 0.467. The van der Waals surface area contributed by atoms with Gasteiger partial charge in [0.05, 0.1) is 13.0 Å². The molecular weight excluding hydrogens is 277 g/mol. The number of hydrogen-bond acceptors (Lipinski definition) is 4. The monoisotopic (exact) mass is 297 g/mol. The zero-order chi connectivity index (χ0) is 15.8. The maximum atomic E-state index is 12.9. The molecule has 0 saturated carbocycles. The smallest absolute Gasteiger partial charge is 0.310 e. The summed E-state index contributed by atoms with van der Waals surface area (Å²) in [5, 5.41) is 8.91. The lowest BCUT2D eigenvalue weighted by atomic mass is 10.1. The number of carbonyl (C=O) groups excluding carboxylic acids is 2. The Morgan fingerprint density at radius 1 is 1.33 bits per heavy atom. The van der Waals surface area contributed by atoms with Gasteiger partial charge in [-0.15, -0.1) is 0 Å². The molecule has 0 aliphatic rings. The third-order valence-electron chi connectivity index (χ3n) is 3.06. The van der Waals surface area contributed by atoms with Crippen molar-refractivity contribution in [3.05, 3.63) is 35.6 Å². The van der Waals surface area contributed by atoms with Crippen molar-refractivity contribution in [2.75, 3.05) is 26.8 Å². The largest absolute Gasteiger partial charge is 0.469 e. The van der Waals surface area contributed by atoms with Gasteiger partial charge in [-0.1, -0.05) is 6.92 Å². The highest BCUT2D eigenvalue weighted by Gasteiger charge is 2.22. The van der Waals surface area contributed by atoms with Crippen LogP contribution in [-0.2, 0) is 9.53 Å². The van der Waals surface area contributed by atoms with Crippen LogP contribution < -0.4 is 0 Å². The van der Waals surface area contributed by atoms with E-state index in [2.05, 4.69) is 4.74 Å². The Balaban J connectivity index is 2.82. The van der Waals surface area contributed by atoms with Crippen LogP contribution in [0.1, 0.15) is 23.7 Å². The number of carbonyl (C=O) groups is 2. The van der Waals surface area contributed by atoms with Crippen LogP contribution in [0.4, 0.5) is 4.39 Å². The highest BCUT2D eigenvalue weighted by Crippen LogP contribution is 2.10. The van der Waals surface area contributed by atoms with E-state index < -0.39 is 17.7 Å². The number of ether oxygens (including phenoxy) is 1. The summed E-state index contributed by atoms with van der Waals surface area (Å²) in [5.41, 5.74) is 0.339. The Bertz CT molecular complexity index is 475. The van der Waals surface area contributed by atoms with E-state index in [0.29, 0.717) is 18.5 Å². The maximum Gasteiger partial charge on any atom is 0.310 e. The molecule has 21 heavy (non-hydrogen) atoms. The van der Waals surface area contributed by atoms with Crippen LogP contribution in [0, 0.1) is 11.7 Å². The molecule has 0 saturated heterocycles. The van der Waals surface area contributed by atoms with Gasteiger partial charge in [-0.25, -0.2) is 4.39 Å². The van der Waals surface area contributed by atoms with Crippen LogP contribution in [0.5, 0.6) is 0 Å². The summed E-state index contributed by atoms with van der Waals surface area (Å²) in [6.45, 7) is 2.10. The molecule has 6 heteroatoms. The zero-order valence-corrected chi connectivity index (χ0v) is 12.2. The molecule has 1 atom stereocenters. The molecular formula is C15H20FNO4. The van der Waals surface area contributed by atoms with Gasteiger partial charge in [-0.3, -0.25) is 9.59 Å². The first-order chi connectivity index (χ1) is 9.99. The summed E-state index contributed by atoms with van der Waals surface area (Å²) < 4.78 is 17.5. The van der Waals surface area contributed by atoms with E-state index in [1.807, 2.05) is 0 Å². The topological polar surface area (TPSA) is 66.8 Å². The van der Waals surface area contributed by atoms with Gasteiger partial charge < -0.3 is 14.7 Å². The van der Waals surface area contributed by atoms with Gasteiger partial charge in [0.15, 0.2) is 0 Å². The van der Waals surface area contributed by atoms with Crippen LogP contribution in [0.2, 0.25) is 0 Å². The Kier molecular flexibility index (Phi) is 6.81. The summed E-state index contributed by atoms with van der Waals surface area (Å²) in [7, 11) is 1.29. The molecule has 0 aliphatic heterocycles. The Morgan fingerprint density at radius 2 is 1.95 bits per heavy atom. The second-order valence-electron chi connectivity index (χ2n) is 4.76. The van der Waals surface area contributed by atoms with Gasteiger partial charge in [0.1, 0.15) is 5.82 Å². The lowest BCUT2D eigenvalue weighted by Gasteiger charge is -2.25. The van der Waals surface area contributed by atoms with Crippen molar-refractivity contribution in [3.8, 4) is 0 Å². The molecule has 0 fully saturated rings. The first-order valence-electron chi connectivity index (χ1n) is 6.73. The van der Waals surface area contributed by atoms with Crippen molar-refractivity contribution in [2.24, 2.45) is 5.92 Å². The van der Waals surface area contributed by atoms with E-state index in [0.717, 1.165) is 0 Å². The van der Waals surface area contributed by atoms with Crippen molar-refractivity contribution in [1.82, 2.24) is 4.90 Å². The van der Waals surface area contributed by atoms with Gasteiger partial charge >= 0.3 is 5.97 Å². The van der Waals surface area contributed by atoms with Crippen LogP contribution in [0.15, 0.2) is 24.3 Å². The number of esters is 1. The molecule has 1 unspecified atom stereocenters. The predicted molar refractivity (Wildman–Crippen MR) is 75.2 cm³/mol. The van der Waals surface area contributed by atoms with E-state index in [1.165, 1.54) is 36.3 Å². The summed E-state index contributed by atoms with van der Waals surface area (Å²) in [4.78, 5) is 25.3. The number of hydrogen-bond donors (Lipinski definition) is 1. The highest BCUT2D eigenvalue weighted by atomic mass is 19.1. The fourth-order valence-corrected chi connectivity index (χ4v) is 1.92. The number of amides is 1. The molecule has 0 bridgehead atoms. The van der Waals surface area contributed by atoms with Crippen molar-refractivity contribution in [2.45, 2.75) is 13.3 Å². The summed E-state index contributed by atoms with van der Waals surface area (Å²) in [6.07, 6.45) is 0.404. The van der Waals surface area contributed by atoms with Gasteiger partial charge in [0.2, 0.25) is 0 Å². The molecule has 1 N–H and O–H groups in total. The fourth-order valence-electron chi connectivity index (χ4n) is 1.92. The van der Waals surface area contributed by atoms with E-state index >= 15 is 0 Å². The van der Waals surface area contributed by atoms with Crippen LogP contribution in [-0.4, -0.2) is 48.7 Å². The first kappa shape index (κ1) is 17.1. The number of methoxy groups -OCH3 is 1. The number of aliphatic hydroxyl groups is 1. The van der Waals surface area contributed by atoms with Crippen LogP contribution in [0.25, 0.3) is 0 Å². The number of aliphatic hydroxyl groups excluding tert-OH is 1. The minimum absolute atomic E-state index is 0.0558. The molecule has 116 valence electrons. The van der Waals surface area contributed by atoms with Crippen molar-refractivity contribution in [1.29, 1.82) is 0 Å². The lowest BCUT2D eigenvalue weighted by molar-refractivity contribution is -0.145. The number of rotatable bonds is 7. The molecule has 1 aromatic carbocycles. The van der Waals surface area contributed by atoms with Crippen LogP contribution in [0.3, 0.4) is 0 Å². The SMILES string of the molecule is COC(=O)C(C)CN(CCCO)C(=O)c1ccc(F)cc1. The summed E-state index contributed by atoms with van der Waals surface area (Å²) in [6, 6.07) is 5.21. The minimum Gasteiger partial charge on any atom is -0.469 e. The maximum absolute atomic E-state index is 12.9. The van der Waals surface area contributed by atoms with Gasteiger partial charge in [0, 0.05) is 25.3 Å². The second kappa shape index (κ2) is 8.36. The molecule has 0 spiro atoms. The first-order valence-corrected chi connectivity index (χ1v) is 6.73. The number of halogens is 1. The van der Waals surface area contributed by atoms with Crippen LogP contribution >= 0.6 is 0 Å². The summed E-state index contributed by atoms with van der Waals surface area (Å²) in [5.74, 6) is -1.61. The lowest BCUT2D eigenvalue weighted by Crippen LogP contribution is -2.38. The summed E-state index contributed by atoms with van der Waals surface area (Å²) >= 11 is 0.